The Hall–Kier alpha value is -0.890. The van der Waals surface area contributed by atoms with Crippen LogP contribution in [0.15, 0.2) is 18.2 Å². The van der Waals surface area contributed by atoms with Gasteiger partial charge in [0.2, 0.25) is 0 Å². The number of aliphatic hydroxyl groups excluding tert-OH is 1. The Morgan fingerprint density at radius 1 is 1.45 bits per heavy atom. The first kappa shape index (κ1) is 8.21. The van der Waals surface area contributed by atoms with E-state index in [4.69, 9.17) is 5.11 Å². The summed E-state index contributed by atoms with van der Waals surface area (Å²) in [6.07, 6.45) is -0.726. The van der Waals surface area contributed by atoms with E-state index in [0.29, 0.717) is 5.56 Å². The fourth-order valence-corrected chi connectivity index (χ4v) is 0.971. The van der Waals surface area contributed by atoms with Gasteiger partial charge in [-0.1, -0.05) is 12.1 Å². The number of halogens is 1. The molecule has 1 aromatic rings. The van der Waals surface area contributed by atoms with Crippen LogP contribution in [-0.2, 0) is 0 Å². The van der Waals surface area contributed by atoms with Gasteiger partial charge in [-0.15, -0.1) is 0 Å². The van der Waals surface area contributed by atoms with Crippen LogP contribution in [0.25, 0.3) is 0 Å². The normalized spacial score (nSPS) is 13.1. The zero-order valence-electron chi connectivity index (χ0n) is 6.63. The Balaban J connectivity index is 3.09. The van der Waals surface area contributed by atoms with Crippen molar-refractivity contribution < 1.29 is 9.50 Å². The standard InChI is InChI=1S/C9H11FO/c1-6-3-4-8(7(2)11)9(10)5-6/h3-5,7,11H,1-2H3/t7-/m0/s1. The molecule has 0 saturated carbocycles. The van der Waals surface area contributed by atoms with E-state index < -0.39 is 6.10 Å². The molecule has 1 atom stereocenters. The van der Waals surface area contributed by atoms with Gasteiger partial charge in [0.15, 0.2) is 0 Å². The summed E-state index contributed by atoms with van der Waals surface area (Å²) in [6.45, 7) is 3.36. The zero-order valence-corrected chi connectivity index (χ0v) is 6.63. The molecule has 0 heterocycles. The predicted octanol–water partition coefficient (Wildman–Crippen LogP) is 2.19. The Morgan fingerprint density at radius 2 is 2.09 bits per heavy atom. The lowest BCUT2D eigenvalue weighted by Crippen LogP contribution is -1.95. The second kappa shape index (κ2) is 3.01. The summed E-state index contributed by atoms with van der Waals surface area (Å²) in [7, 11) is 0. The minimum absolute atomic E-state index is 0.333. The molecule has 0 aliphatic rings. The van der Waals surface area contributed by atoms with E-state index in [-0.39, 0.29) is 5.82 Å². The smallest absolute Gasteiger partial charge is 0.129 e. The third-order valence-electron chi connectivity index (χ3n) is 1.61. The maximum absolute atomic E-state index is 12.9. The summed E-state index contributed by atoms with van der Waals surface area (Å²) in [6, 6.07) is 4.81. The van der Waals surface area contributed by atoms with E-state index >= 15 is 0 Å². The molecule has 1 nitrogen and oxygen atoms in total. The van der Waals surface area contributed by atoms with E-state index in [1.54, 1.807) is 19.1 Å². The summed E-state index contributed by atoms with van der Waals surface area (Å²) >= 11 is 0. The van der Waals surface area contributed by atoms with Crippen molar-refractivity contribution in [1.29, 1.82) is 0 Å². The maximum atomic E-state index is 12.9. The van der Waals surface area contributed by atoms with Crippen LogP contribution in [0.1, 0.15) is 24.2 Å². The molecule has 60 valence electrons. The highest BCUT2D eigenvalue weighted by Crippen LogP contribution is 2.16. The molecule has 1 N–H and O–H groups in total. The fraction of sp³-hybridized carbons (Fsp3) is 0.333. The summed E-state index contributed by atoms with van der Waals surface area (Å²) in [5.74, 6) is -0.333. The van der Waals surface area contributed by atoms with Crippen molar-refractivity contribution in [2.75, 3.05) is 0 Å². The molecule has 1 rings (SSSR count). The maximum Gasteiger partial charge on any atom is 0.129 e. The van der Waals surface area contributed by atoms with Crippen LogP contribution in [0.5, 0.6) is 0 Å². The molecule has 2 heteroatoms. The van der Waals surface area contributed by atoms with E-state index in [1.807, 2.05) is 6.92 Å². The van der Waals surface area contributed by atoms with Gasteiger partial charge in [0.25, 0.3) is 0 Å². The van der Waals surface area contributed by atoms with Crippen molar-refractivity contribution in [2.24, 2.45) is 0 Å². The SMILES string of the molecule is Cc1ccc([C@H](C)O)c(F)c1. The monoisotopic (exact) mass is 154 g/mol. The molecule has 0 amide bonds. The molecular formula is C9H11FO. The summed E-state index contributed by atoms with van der Waals surface area (Å²) < 4.78 is 12.9. The number of aliphatic hydroxyl groups is 1. The summed E-state index contributed by atoms with van der Waals surface area (Å²) in [5.41, 5.74) is 1.22. The van der Waals surface area contributed by atoms with Crippen LogP contribution in [0.4, 0.5) is 4.39 Å². The summed E-state index contributed by atoms with van der Waals surface area (Å²) in [4.78, 5) is 0. The third kappa shape index (κ3) is 1.77. The van der Waals surface area contributed by atoms with Gasteiger partial charge in [0, 0.05) is 5.56 Å². The molecule has 0 aromatic heterocycles. The van der Waals surface area contributed by atoms with E-state index in [0.717, 1.165) is 5.56 Å². The Kier molecular flexibility index (Phi) is 2.25. The van der Waals surface area contributed by atoms with Crippen LogP contribution < -0.4 is 0 Å². The van der Waals surface area contributed by atoms with Crippen LogP contribution in [0, 0.1) is 12.7 Å². The highest BCUT2D eigenvalue weighted by Gasteiger charge is 2.06. The Labute approximate surface area is 65.5 Å². The van der Waals surface area contributed by atoms with Gasteiger partial charge in [-0.2, -0.15) is 0 Å². The van der Waals surface area contributed by atoms with Crippen LogP contribution >= 0.6 is 0 Å². The number of hydrogen-bond donors (Lipinski definition) is 1. The topological polar surface area (TPSA) is 20.2 Å². The average Bonchev–Trinajstić information content (AvgIpc) is 1.85. The van der Waals surface area contributed by atoms with Gasteiger partial charge in [0.1, 0.15) is 5.82 Å². The molecular weight excluding hydrogens is 143 g/mol. The minimum Gasteiger partial charge on any atom is -0.389 e. The van der Waals surface area contributed by atoms with Crippen molar-refractivity contribution in [3.05, 3.63) is 35.1 Å². The number of benzene rings is 1. The van der Waals surface area contributed by atoms with Gasteiger partial charge < -0.3 is 5.11 Å². The Morgan fingerprint density at radius 3 is 2.55 bits per heavy atom. The lowest BCUT2D eigenvalue weighted by Gasteiger charge is -2.05. The molecule has 11 heavy (non-hydrogen) atoms. The minimum atomic E-state index is -0.726. The van der Waals surface area contributed by atoms with Crippen LogP contribution in [0.3, 0.4) is 0 Å². The largest absolute Gasteiger partial charge is 0.389 e. The van der Waals surface area contributed by atoms with Crippen molar-refractivity contribution >= 4 is 0 Å². The highest BCUT2D eigenvalue weighted by atomic mass is 19.1. The van der Waals surface area contributed by atoms with E-state index in [9.17, 15) is 4.39 Å². The molecule has 0 unspecified atom stereocenters. The third-order valence-corrected chi connectivity index (χ3v) is 1.61. The van der Waals surface area contributed by atoms with Crippen molar-refractivity contribution in [1.82, 2.24) is 0 Å². The molecule has 0 aliphatic heterocycles. The molecule has 1 aromatic carbocycles. The molecule has 0 radical (unpaired) electrons. The van der Waals surface area contributed by atoms with Crippen LogP contribution in [-0.4, -0.2) is 5.11 Å². The van der Waals surface area contributed by atoms with Crippen molar-refractivity contribution in [3.8, 4) is 0 Å². The van der Waals surface area contributed by atoms with E-state index in [2.05, 4.69) is 0 Å². The van der Waals surface area contributed by atoms with Gasteiger partial charge in [0.05, 0.1) is 6.10 Å². The van der Waals surface area contributed by atoms with Crippen molar-refractivity contribution in [3.63, 3.8) is 0 Å². The number of rotatable bonds is 1. The Bertz CT molecular complexity index is 256. The first-order valence-electron chi connectivity index (χ1n) is 3.55. The average molecular weight is 154 g/mol. The van der Waals surface area contributed by atoms with Gasteiger partial charge in [-0.05, 0) is 25.5 Å². The van der Waals surface area contributed by atoms with Crippen LogP contribution in [0.2, 0.25) is 0 Å². The predicted molar refractivity (Wildman–Crippen MR) is 41.8 cm³/mol. The summed E-state index contributed by atoms with van der Waals surface area (Å²) in [5, 5.41) is 9.06. The van der Waals surface area contributed by atoms with E-state index in [1.165, 1.54) is 6.07 Å². The number of aryl methyl sites for hydroxylation is 1. The molecule has 0 aliphatic carbocycles. The lowest BCUT2D eigenvalue weighted by atomic mass is 10.1. The fourth-order valence-electron chi connectivity index (χ4n) is 0.971. The quantitative estimate of drug-likeness (QED) is 0.657. The lowest BCUT2D eigenvalue weighted by molar-refractivity contribution is 0.194. The zero-order chi connectivity index (χ0) is 8.43. The number of hydrogen-bond acceptors (Lipinski definition) is 1. The first-order valence-corrected chi connectivity index (χ1v) is 3.55. The molecule has 0 fully saturated rings. The first-order chi connectivity index (χ1) is 5.11. The van der Waals surface area contributed by atoms with Gasteiger partial charge >= 0.3 is 0 Å². The highest BCUT2D eigenvalue weighted by molar-refractivity contribution is 5.24. The molecule has 0 bridgehead atoms. The van der Waals surface area contributed by atoms with Gasteiger partial charge in [-0.25, -0.2) is 4.39 Å². The second-order valence-corrected chi connectivity index (χ2v) is 2.70. The van der Waals surface area contributed by atoms with Gasteiger partial charge in [-0.3, -0.25) is 0 Å². The molecule has 0 spiro atoms. The van der Waals surface area contributed by atoms with Crippen molar-refractivity contribution in [2.45, 2.75) is 20.0 Å². The second-order valence-electron chi connectivity index (χ2n) is 2.70. The molecule has 0 saturated heterocycles.